The third kappa shape index (κ3) is 28.0. The Balaban J connectivity index is 0.000000178. The van der Waals surface area contributed by atoms with Crippen molar-refractivity contribution >= 4 is 54.6 Å². The highest BCUT2D eigenvalue weighted by atomic mass is 32.2. The fourth-order valence-electron chi connectivity index (χ4n) is 13.7. The smallest absolute Gasteiger partial charge is 0.320 e. The van der Waals surface area contributed by atoms with E-state index >= 15 is 0 Å². The molecule has 0 aliphatic carbocycles. The quantitative estimate of drug-likeness (QED) is 0.0252. The highest BCUT2D eigenvalue weighted by molar-refractivity contribution is 7.97. The van der Waals surface area contributed by atoms with Crippen LogP contribution in [0.2, 0.25) is 0 Å². The number of nitrogens with zero attached hydrogens (tertiary/aromatic N) is 4. The summed E-state index contributed by atoms with van der Waals surface area (Å²) < 4.78 is 50.2. The van der Waals surface area contributed by atoms with Gasteiger partial charge in [-0.25, -0.2) is 13.1 Å². The second-order valence-corrected chi connectivity index (χ2v) is 39.4. The average Bonchev–Trinajstić information content (AvgIpc) is 0.805. The van der Waals surface area contributed by atoms with Crippen molar-refractivity contribution in [1.29, 1.82) is 0 Å². The molecule has 590 valence electrons. The van der Waals surface area contributed by atoms with Gasteiger partial charge in [0.25, 0.3) is 0 Å². The number of piperidine rings is 2. The lowest BCUT2D eigenvalue weighted by atomic mass is 9.87. The number of sulfonamides is 1. The number of likely N-dealkylation sites (tertiary alicyclic amines) is 2. The maximum absolute atomic E-state index is 12.7. The highest BCUT2D eigenvalue weighted by Crippen LogP contribution is 2.37. The van der Waals surface area contributed by atoms with Crippen molar-refractivity contribution in [3.63, 3.8) is 0 Å². The fourth-order valence-corrected chi connectivity index (χ4v) is 20.9. The van der Waals surface area contributed by atoms with E-state index in [1.54, 1.807) is 0 Å². The van der Waals surface area contributed by atoms with Crippen LogP contribution >= 0.6 is 0 Å². The number of carbonyl (C=O) groups excluding carboxylic acids is 2. The lowest BCUT2D eigenvalue weighted by Gasteiger charge is -2.26. The summed E-state index contributed by atoms with van der Waals surface area (Å²) in [4.78, 5) is 45.7. The van der Waals surface area contributed by atoms with E-state index in [9.17, 15) is 18.0 Å². The van der Waals surface area contributed by atoms with E-state index in [2.05, 4.69) is 305 Å². The van der Waals surface area contributed by atoms with Crippen LogP contribution in [0.15, 0.2) is 287 Å². The van der Waals surface area contributed by atoms with Crippen molar-refractivity contribution in [2.24, 2.45) is 0 Å². The Morgan fingerprint density at radius 2 is 0.802 bits per heavy atom. The minimum atomic E-state index is -3.28. The van der Waals surface area contributed by atoms with Gasteiger partial charge >= 0.3 is 11.9 Å². The molecule has 17 heteroatoms. The molecule has 0 bridgehead atoms. The molecule has 9 aromatic carbocycles. The molecule has 1 N–H and O–H groups in total. The summed E-state index contributed by atoms with van der Waals surface area (Å²) in [6.45, 7) is 27.1. The summed E-state index contributed by atoms with van der Waals surface area (Å²) in [5, 5.41) is 0. The van der Waals surface area contributed by atoms with Gasteiger partial charge in [-0.15, -0.1) is 0 Å². The number of hydrogen-bond acceptors (Lipinski definition) is 12. The summed E-state index contributed by atoms with van der Waals surface area (Å²) in [5.41, 5.74) is 6.50. The van der Waals surface area contributed by atoms with Gasteiger partial charge in [-0.2, -0.15) is 0 Å². The predicted octanol–water partition coefficient (Wildman–Crippen LogP) is 17.6. The van der Waals surface area contributed by atoms with Crippen molar-refractivity contribution < 1.29 is 37.0 Å². The molecule has 0 radical (unpaired) electrons. The minimum absolute atomic E-state index is 0.128. The van der Waals surface area contributed by atoms with E-state index in [0.717, 1.165) is 95.8 Å². The number of rotatable bonds is 31. The van der Waals surface area contributed by atoms with Crippen molar-refractivity contribution in [2.45, 2.75) is 160 Å². The first-order valence-electron chi connectivity index (χ1n) is 39.8. The van der Waals surface area contributed by atoms with E-state index in [0.29, 0.717) is 51.7 Å². The third-order valence-electron chi connectivity index (χ3n) is 20.3. The number of carbonyl (C=O) groups is 2. The molecule has 3 saturated heterocycles. The zero-order valence-electron chi connectivity index (χ0n) is 67.1. The second kappa shape index (κ2) is 43.8. The van der Waals surface area contributed by atoms with Crippen LogP contribution in [0.1, 0.15) is 127 Å². The third-order valence-corrected chi connectivity index (χ3v) is 28.4. The number of hydrogen-bond donors (Lipinski definition) is 1. The van der Waals surface area contributed by atoms with Gasteiger partial charge in [0.05, 0.1) is 83.9 Å². The summed E-state index contributed by atoms with van der Waals surface area (Å²) in [6, 6.07) is 87.1. The van der Waals surface area contributed by atoms with E-state index in [-0.39, 0.29) is 80.3 Å². The van der Waals surface area contributed by atoms with Gasteiger partial charge < -0.3 is 23.8 Å². The van der Waals surface area contributed by atoms with Crippen molar-refractivity contribution in [3.8, 4) is 0 Å². The van der Waals surface area contributed by atoms with Crippen molar-refractivity contribution in [3.05, 3.63) is 270 Å². The van der Waals surface area contributed by atoms with Gasteiger partial charge in [-0.3, -0.25) is 24.3 Å². The topological polar surface area (TPSA) is 130 Å². The second-order valence-electron chi connectivity index (χ2n) is 31.4. The molecule has 12 rings (SSSR count). The maximum Gasteiger partial charge on any atom is 0.320 e. The lowest BCUT2D eigenvalue weighted by Crippen LogP contribution is -2.41. The zero-order chi connectivity index (χ0) is 78.4. The summed E-state index contributed by atoms with van der Waals surface area (Å²) in [6.07, 6.45) is 7.63. The molecule has 1 atom stereocenters. The van der Waals surface area contributed by atoms with E-state index < -0.39 is 10.0 Å². The number of likely N-dealkylation sites (N-methyl/N-ethyl adjacent to an activating group) is 1. The van der Waals surface area contributed by atoms with Gasteiger partial charge in [0.2, 0.25) is 10.0 Å². The highest BCUT2D eigenvalue weighted by Gasteiger charge is 2.33. The minimum Gasteiger partial charge on any atom is -0.464 e. The molecule has 3 fully saturated rings. The largest absolute Gasteiger partial charge is 0.464 e. The molecule has 0 amide bonds. The Morgan fingerprint density at radius 3 is 1.17 bits per heavy atom. The summed E-state index contributed by atoms with van der Waals surface area (Å²) in [7, 11) is 0.306. The van der Waals surface area contributed by atoms with E-state index in [1.807, 2.05) is 24.3 Å². The van der Waals surface area contributed by atoms with Gasteiger partial charge in [0.1, 0.15) is 13.2 Å². The molecular weight excluding hydrogens is 1460 g/mol. The van der Waals surface area contributed by atoms with E-state index in [4.69, 9.17) is 18.9 Å². The average molecular weight is 1580 g/mol. The molecule has 3 aliphatic rings. The molecular formula is C94H120N5O8S4+3. The Hall–Kier alpha value is -7.36. The molecule has 9 aromatic rings. The Labute approximate surface area is 673 Å². The van der Waals surface area contributed by atoms with Crippen LogP contribution in [0.25, 0.3) is 0 Å². The standard InChI is InChI=1S/C35H43N2O4S.C33H46NOS.C26H31N2O3S2/c38-34(25-36-21-9-3-10-22-36)40-27-30(28-41-35(39)26-37-23-11-4-12-24-37)29-17-19-33(20-18-29)42(31-13-5-1-6-14-31)32-15-7-2-8-16-32;1-25(24-35-23-22-34(8)9)26-10-16-29(17-11-26)36(30-18-12-27(13-19-30)32(2,3)4)31-20-14-28(15-21-31)33(5,6)7;29-33(30,22-19-28-17-20-31-21-18-28)27-16-15-23-11-13-26(14-12-23)32(24-7-3-1-4-8-24)25-9-5-2-6-10-25/h1-2,5-8,13-20,30H,3-4,9-12,21-28H2;10-21,25H,22-24H2,1-9H3;1-14,27H,15-22H2/q3*+1. The first-order chi connectivity index (χ1) is 53.6. The Morgan fingerprint density at radius 1 is 0.450 bits per heavy atom. The van der Waals surface area contributed by atoms with Crippen LogP contribution in [0.3, 0.4) is 0 Å². The molecule has 13 nitrogen and oxygen atoms in total. The monoisotopic (exact) mass is 1570 g/mol. The van der Waals surface area contributed by atoms with Crippen LogP contribution in [0.5, 0.6) is 0 Å². The number of benzene rings is 9. The molecule has 3 heterocycles. The SMILES string of the molecule is CC(COCCN(C)C)c1ccc([S+](c2ccc(C(C)(C)C)cc2)c2ccc(C(C)(C)C)cc2)cc1.O=C(CN1CCCCC1)OCC(COC(=O)CN1CCCCC1)c1ccc([S+](c2ccccc2)c2ccccc2)cc1.O=S(=O)(CCN1CCOCC1)NCCc1ccc([S+](c2ccccc2)c2ccccc2)cc1. The van der Waals surface area contributed by atoms with E-state index in [1.165, 1.54) is 73.6 Å². The van der Waals surface area contributed by atoms with Crippen molar-refractivity contribution in [2.75, 3.05) is 131 Å². The predicted molar refractivity (Wildman–Crippen MR) is 458 cm³/mol. The van der Waals surface area contributed by atoms with Gasteiger partial charge in [-0.05, 0) is 220 Å². The molecule has 1 unspecified atom stereocenters. The molecule has 0 aromatic heterocycles. The molecule has 111 heavy (non-hydrogen) atoms. The molecule has 0 spiro atoms. The molecule has 3 aliphatic heterocycles. The Kier molecular flexibility index (Phi) is 33.9. The van der Waals surface area contributed by atoms with Crippen LogP contribution < -0.4 is 4.72 Å². The van der Waals surface area contributed by atoms with Crippen LogP contribution in [-0.4, -0.2) is 171 Å². The van der Waals surface area contributed by atoms with Crippen LogP contribution in [-0.2, 0) is 88.5 Å². The summed E-state index contributed by atoms with van der Waals surface area (Å²) in [5.74, 6) is -0.158. The van der Waals surface area contributed by atoms with Gasteiger partial charge in [0.15, 0.2) is 44.1 Å². The molecule has 0 saturated carbocycles. The number of esters is 2. The summed E-state index contributed by atoms with van der Waals surface area (Å²) >= 11 is 0. The number of nitrogens with one attached hydrogen (secondary N) is 1. The number of morpholine rings is 1. The van der Waals surface area contributed by atoms with Gasteiger partial charge in [0, 0.05) is 38.6 Å². The zero-order valence-corrected chi connectivity index (χ0v) is 70.4. The van der Waals surface area contributed by atoms with Crippen LogP contribution in [0.4, 0.5) is 0 Å². The first kappa shape index (κ1) is 86.1. The van der Waals surface area contributed by atoms with Gasteiger partial charge in [-0.1, -0.05) is 195 Å². The van der Waals surface area contributed by atoms with Crippen molar-refractivity contribution in [1.82, 2.24) is 24.3 Å². The normalized spacial score (nSPS) is 15.0. The fraction of sp³-hybridized carbons (Fsp3) is 0.404. The number of ether oxygens (including phenoxy) is 4. The lowest BCUT2D eigenvalue weighted by molar-refractivity contribution is -0.148. The van der Waals surface area contributed by atoms with Crippen LogP contribution in [0, 0.1) is 0 Å². The first-order valence-corrected chi connectivity index (χ1v) is 45.1. The maximum atomic E-state index is 12.7. The Bertz CT molecular complexity index is 4120.